The van der Waals surface area contributed by atoms with Gasteiger partial charge in [0, 0.05) is 6.08 Å². The SMILES string of the molecule is C=CC(=O)OCC(O)C(Br)Oc1ccccc1. The molecular weight excluding hydrogens is 288 g/mol. The lowest BCUT2D eigenvalue weighted by Crippen LogP contribution is -2.31. The number of aliphatic hydroxyl groups excluding tert-OH is 1. The fourth-order valence-electron chi connectivity index (χ4n) is 1.01. The van der Waals surface area contributed by atoms with Crippen LogP contribution in [-0.2, 0) is 9.53 Å². The molecule has 2 unspecified atom stereocenters. The molecule has 92 valence electrons. The number of benzene rings is 1. The minimum atomic E-state index is -0.959. The van der Waals surface area contributed by atoms with Gasteiger partial charge in [0.25, 0.3) is 0 Å². The lowest BCUT2D eigenvalue weighted by atomic mass is 10.3. The fraction of sp³-hybridized carbons (Fsp3) is 0.250. The summed E-state index contributed by atoms with van der Waals surface area (Å²) in [6.45, 7) is 3.09. The van der Waals surface area contributed by atoms with Gasteiger partial charge in [-0.25, -0.2) is 4.79 Å². The third kappa shape index (κ3) is 5.01. The molecule has 4 nitrogen and oxygen atoms in total. The summed E-state index contributed by atoms with van der Waals surface area (Å²) in [7, 11) is 0. The number of halogens is 1. The Kier molecular flexibility index (Phi) is 5.72. The van der Waals surface area contributed by atoms with Crippen molar-refractivity contribution in [2.75, 3.05) is 6.61 Å². The summed E-state index contributed by atoms with van der Waals surface area (Å²) in [6.07, 6.45) is 0.0766. The second-order valence-corrected chi connectivity index (χ2v) is 4.09. The summed E-state index contributed by atoms with van der Waals surface area (Å²) in [5, 5.41) is 8.99. The topological polar surface area (TPSA) is 55.8 Å². The molecule has 0 aliphatic carbocycles. The van der Waals surface area contributed by atoms with Gasteiger partial charge in [-0.3, -0.25) is 0 Å². The summed E-state index contributed by atoms with van der Waals surface area (Å²) >= 11 is 3.16. The monoisotopic (exact) mass is 300 g/mol. The van der Waals surface area contributed by atoms with Gasteiger partial charge in [0.15, 0.2) is 5.01 Å². The maximum absolute atomic E-state index is 10.8. The van der Waals surface area contributed by atoms with E-state index in [0.717, 1.165) is 6.08 Å². The molecule has 1 aromatic carbocycles. The molecule has 0 saturated heterocycles. The van der Waals surface area contributed by atoms with Crippen molar-refractivity contribution in [1.29, 1.82) is 0 Å². The first-order valence-electron chi connectivity index (χ1n) is 4.96. The van der Waals surface area contributed by atoms with E-state index in [2.05, 4.69) is 22.5 Å². The van der Waals surface area contributed by atoms with Crippen LogP contribution < -0.4 is 4.74 Å². The minimum absolute atomic E-state index is 0.159. The number of carbonyl (C=O) groups is 1. The number of para-hydroxylation sites is 1. The molecule has 0 saturated carbocycles. The van der Waals surface area contributed by atoms with Crippen LogP contribution in [0.1, 0.15) is 0 Å². The first-order chi connectivity index (χ1) is 8.13. The quantitative estimate of drug-likeness (QED) is 0.495. The Morgan fingerprint density at radius 3 is 2.71 bits per heavy atom. The van der Waals surface area contributed by atoms with Crippen molar-refractivity contribution in [3.63, 3.8) is 0 Å². The van der Waals surface area contributed by atoms with E-state index >= 15 is 0 Å². The highest BCUT2D eigenvalue weighted by molar-refractivity contribution is 9.09. The number of ether oxygens (including phenoxy) is 2. The molecule has 2 atom stereocenters. The standard InChI is InChI=1S/C12H13BrO4/c1-2-11(15)16-8-10(14)12(13)17-9-6-4-3-5-7-9/h2-7,10,12,14H,1,8H2. The largest absolute Gasteiger partial charge is 0.476 e. The Hall–Kier alpha value is -1.33. The van der Waals surface area contributed by atoms with Gasteiger partial charge in [-0.15, -0.1) is 0 Å². The number of hydrogen-bond acceptors (Lipinski definition) is 4. The highest BCUT2D eigenvalue weighted by Gasteiger charge is 2.19. The predicted molar refractivity (Wildman–Crippen MR) is 66.9 cm³/mol. The van der Waals surface area contributed by atoms with Crippen LogP contribution in [0.25, 0.3) is 0 Å². The van der Waals surface area contributed by atoms with Gasteiger partial charge in [0.1, 0.15) is 18.5 Å². The molecule has 17 heavy (non-hydrogen) atoms. The Balaban J connectivity index is 2.39. The van der Waals surface area contributed by atoms with Crippen molar-refractivity contribution in [2.45, 2.75) is 11.1 Å². The van der Waals surface area contributed by atoms with E-state index in [9.17, 15) is 9.90 Å². The molecule has 0 bridgehead atoms. The Bertz CT molecular complexity index is 366. The van der Waals surface area contributed by atoms with E-state index in [1.807, 2.05) is 18.2 Å². The van der Waals surface area contributed by atoms with Crippen LogP contribution in [-0.4, -0.2) is 28.8 Å². The van der Waals surface area contributed by atoms with E-state index in [1.54, 1.807) is 12.1 Å². The third-order valence-corrected chi connectivity index (χ3v) is 2.65. The van der Waals surface area contributed by atoms with Crippen molar-refractivity contribution in [3.05, 3.63) is 43.0 Å². The molecular formula is C12H13BrO4. The molecule has 0 aliphatic heterocycles. The van der Waals surface area contributed by atoms with E-state index < -0.39 is 17.1 Å². The number of rotatable bonds is 6. The third-order valence-electron chi connectivity index (χ3n) is 1.86. The van der Waals surface area contributed by atoms with E-state index in [1.165, 1.54) is 0 Å². The van der Waals surface area contributed by atoms with Crippen LogP contribution in [0.2, 0.25) is 0 Å². The molecule has 0 aromatic heterocycles. The second kappa shape index (κ2) is 7.09. The first kappa shape index (κ1) is 13.7. The van der Waals surface area contributed by atoms with Crippen molar-refractivity contribution in [1.82, 2.24) is 0 Å². The highest BCUT2D eigenvalue weighted by atomic mass is 79.9. The van der Waals surface area contributed by atoms with Gasteiger partial charge in [-0.05, 0) is 28.1 Å². The average Bonchev–Trinajstić information content (AvgIpc) is 2.36. The van der Waals surface area contributed by atoms with E-state index in [-0.39, 0.29) is 6.61 Å². The lowest BCUT2D eigenvalue weighted by Gasteiger charge is -2.18. The zero-order valence-corrected chi connectivity index (χ0v) is 10.7. The summed E-state index contributed by atoms with van der Waals surface area (Å²) in [6, 6.07) is 9.02. The number of alkyl halides is 1. The molecule has 0 heterocycles. The molecule has 5 heteroatoms. The summed E-state index contributed by atoms with van der Waals surface area (Å²) in [5.41, 5.74) is 0. The molecule has 0 aliphatic rings. The Morgan fingerprint density at radius 1 is 1.47 bits per heavy atom. The maximum atomic E-state index is 10.8. The molecule has 0 fully saturated rings. The van der Waals surface area contributed by atoms with Gasteiger partial charge in [0.2, 0.25) is 0 Å². The summed E-state index contributed by atoms with van der Waals surface area (Å²) < 4.78 is 10.1. The number of carbonyl (C=O) groups excluding carboxylic acids is 1. The predicted octanol–water partition coefficient (Wildman–Crippen LogP) is 1.88. The molecule has 1 rings (SSSR count). The summed E-state index contributed by atoms with van der Waals surface area (Å²) in [4.78, 5) is 10.8. The highest BCUT2D eigenvalue weighted by Crippen LogP contribution is 2.16. The molecule has 0 spiro atoms. The fourth-order valence-corrected chi connectivity index (χ4v) is 1.38. The van der Waals surface area contributed by atoms with Crippen molar-refractivity contribution in [2.24, 2.45) is 0 Å². The maximum Gasteiger partial charge on any atom is 0.330 e. The molecule has 1 N–H and O–H groups in total. The van der Waals surface area contributed by atoms with Crippen LogP contribution in [0.5, 0.6) is 5.75 Å². The first-order valence-corrected chi connectivity index (χ1v) is 5.88. The molecule has 1 aromatic rings. The van der Waals surface area contributed by atoms with Crippen molar-refractivity contribution in [3.8, 4) is 5.75 Å². The lowest BCUT2D eigenvalue weighted by molar-refractivity contribution is -0.141. The number of hydrogen-bond donors (Lipinski definition) is 1. The van der Waals surface area contributed by atoms with Gasteiger partial charge in [0.05, 0.1) is 0 Å². The Labute approximate surface area is 108 Å². The van der Waals surface area contributed by atoms with Crippen LogP contribution in [0.3, 0.4) is 0 Å². The number of esters is 1. The number of aliphatic hydroxyl groups is 1. The average molecular weight is 301 g/mol. The normalized spacial score (nSPS) is 13.5. The van der Waals surface area contributed by atoms with Gasteiger partial charge in [-0.2, -0.15) is 0 Å². The summed E-state index contributed by atoms with van der Waals surface area (Å²) in [5.74, 6) is 0.0342. The zero-order valence-electron chi connectivity index (χ0n) is 9.08. The molecule has 0 radical (unpaired) electrons. The van der Waals surface area contributed by atoms with E-state index in [0.29, 0.717) is 5.75 Å². The van der Waals surface area contributed by atoms with Gasteiger partial charge >= 0.3 is 5.97 Å². The minimum Gasteiger partial charge on any atom is -0.476 e. The van der Waals surface area contributed by atoms with Crippen molar-refractivity contribution < 1.29 is 19.4 Å². The van der Waals surface area contributed by atoms with Gasteiger partial charge < -0.3 is 14.6 Å². The van der Waals surface area contributed by atoms with Crippen LogP contribution >= 0.6 is 15.9 Å². The second-order valence-electron chi connectivity index (χ2n) is 3.18. The van der Waals surface area contributed by atoms with Crippen LogP contribution in [0.15, 0.2) is 43.0 Å². The van der Waals surface area contributed by atoms with Gasteiger partial charge in [-0.1, -0.05) is 24.8 Å². The zero-order chi connectivity index (χ0) is 12.7. The van der Waals surface area contributed by atoms with E-state index in [4.69, 9.17) is 9.47 Å². The molecule has 0 amide bonds. The Morgan fingerprint density at radius 2 is 2.12 bits per heavy atom. The smallest absolute Gasteiger partial charge is 0.330 e. The van der Waals surface area contributed by atoms with Crippen LogP contribution in [0.4, 0.5) is 0 Å². The van der Waals surface area contributed by atoms with Crippen molar-refractivity contribution >= 4 is 21.9 Å². The van der Waals surface area contributed by atoms with Crippen LogP contribution in [0, 0.1) is 0 Å².